The summed E-state index contributed by atoms with van der Waals surface area (Å²) in [4.78, 5) is 37.8. The van der Waals surface area contributed by atoms with Crippen molar-refractivity contribution in [3.05, 3.63) is 24.0 Å². The Kier molecular flexibility index (Phi) is 5.66. The van der Waals surface area contributed by atoms with Gasteiger partial charge in [-0.3, -0.25) is 19.7 Å². The largest absolute Gasteiger partial charge is 0.357 e. The van der Waals surface area contributed by atoms with E-state index in [0.29, 0.717) is 6.42 Å². The number of nitrogens with two attached hydrogens (primary N) is 1. The maximum Gasteiger partial charge on any atom is 0.274 e. The van der Waals surface area contributed by atoms with Gasteiger partial charge < -0.3 is 16.0 Å². The van der Waals surface area contributed by atoms with Gasteiger partial charge >= 0.3 is 0 Å². The van der Waals surface area contributed by atoms with Crippen LogP contribution in [0, 0.1) is 5.92 Å². The molecular weight excluding hydrogens is 272 g/mol. The quantitative estimate of drug-likeness (QED) is 0.597. The van der Waals surface area contributed by atoms with Crippen molar-refractivity contribution in [1.82, 2.24) is 15.6 Å². The lowest BCUT2D eigenvalue weighted by Gasteiger charge is -2.25. The highest BCUT2D eigenvalue weighted by Crippen LogP contribution is 2.13. The summed E-state index contributed by atoms with van der Waals surface area (Å²) in [7, 11) is 0. The van der Waals surface area contributed by atoms with Crippen LogP contribution in [0.5, 0.6) is 0 Å². The van der Waals surface area contributed by atoms with Gasteiger partial charge in [0.25, 0.3) is 5.91 Å². The topological polar surface area (TPSA) is 117 Å². The third kappa shape index (κ3) is 5.39. The number of aromatic nitrogens is 1. The van der Waals surface area contributed by atoms with Crippen LogP contribution in [-0.4, -0.2) is 34.8 Å². The monoisotopic (exact) mass is 294 g/mol. The fraction of sp³-hybridized carbons (Fsp3) is 0.500. The zero-order valence-electron chi connectivity index (χ0n) is 12.5. The number of hydrogen-bond acceptors (Lipinski definition) is 4. The molecule has 1 atom stereocenters. The average Bonchev–Trinajstić information content (AvgIpc) is 2.88. The molecule has 116 valence electrons. The van der Waals surface area contributed by atoms with Crippen molar-refractivity contribution < 1.29 is 14.4 Å². The highest BCUT2D eigenvalue weighted by atomic mass is 16.2. The third-order valence-electron chi connectivity index (χ3n) is 2.86. The van der Waals surface area contributed by atoms with E-state index >= 15 is 0 Å². The summed E-state index contributed by atoms with van der Waals surface area (Å²) in [5, 5.41) is 4.61. The Balaban J connectivity index is 2.42. The zero-order valence-corrected chi connectivity index (χ0v) is 12.5. The molecule has 1 aromatic heterocycles. The summed E-state index contributed by atoms with van der Waals surface area (Å²) in [5.41, 5.74) is 5.14. The molecule has 0 saturated heterocycles. The molecule has 1 rings (SSSR count). The summed E-state index contributed by atoms with van der Waals surface area (Å²) < 4.78 is 0. The third-order valence-corrected chi connectivity index (χ3v) is 2.86. The lowest BCUT2D eigenvalue weighted by Crippen LogP contribution is -2.54. The smallest absolute Gasteiger partial charge is 0.274 e. The molecule has 0 radical (unpaired) electrons. The molecule has 1 aromatic rings. The number of aromatic amines is 1. The molecule has 7 nitrogen and oxygen atoms in total. The van der Waals surface area contributed by atoms with Crippen molar-refractivity contribution >= 4 is 17.7 Å². The number of H-pyrrole nitrogens is 1. The second kappa shape index (κ2) is 7.03. The van der Waals surface area contributed by atoms with Gasteiger partial charge in [0.1, 0.15) is 5.69 Å². The Morgan fingerprint density at radius 3 is 2.57 bits per heavy atom. The van der Waals surface area contributed by atoms with E-state index in [1.54, 1.807) is 25.3 Å². The van der Waals surface area contributed by atoms with E-state index in [2.05, 4.69) is 15.6 Å². The van der Waals surface area contributed by atoms with E-state index in [4.69, 9.17) is 5.73 Å². The number of amides is 3. The van der Waals surface area contributed by atoms with Gasteiger partial charge in [0.2, 0.25) is 11.8 Å². The molecule has 0 bridgehead atoms. The first-order valence-corrected chi connectivity index (χ1v) is 6.77. The number of carbonyl (C=O) groups excluding carboxylic acids is 3. The van der Waals surface area contributed by atoms with Crippen molar-refractivity contribution in [2.24, 2.45) is 11.7 Å². The van der Waals surface area contributed by atoms with Gasteiger partial charge in [-0.1, -0.05) is 13.8 Å². The van der Waals surface area contributed by atoms with Gasteiger partial charge in [-0.2, -0.15) is 0 Å². The van der Waals surface area contributed by atoms with Gasteiger partial charge in [0.05, 0.1) is 12.1 Å². The maximum absolute atomic E-state index is 11.9. The number of rotatable bonds is 6. The number of imide groups is 1. The summed E-state index contributed by atoms with van der Waals surface area (Å²) >= 11 is 0. The van der Waals surface area contributed by atoms with Crippen LogP contribution in [0.2, 0.25) is 0 Å². The Bertz CT molecular complexity index is 506. The molecule has 0 fully saturated rings. The molecule has 1 heterocycles. The van der Waals surface area contributed by atoms with E-state index in [1.165, 1.54) is 0 Å². The first-order chi connectivity index (χ1) is 9.72. The van der Waals surface area contributed by atoms with Crippen LogP contribution in [0.3, 0.4) is 0 Å². The minimum absolute atomic E-state index is 0.258. The Hall–Kier alpha value is -2.15. The van der Waals surface area contributed by atoms with Crippen LogP contribution >= 0.6 is 0 Å². The number of carbonyl (C=O) groups is 3. The fourth-order valence-corrected chi connectivity index (χ4v) is 2.01. The molecule has 0 saturated carbocycles. The van der Waals surface area contributed by atoms with Gasteiger partial charge in [-0.25, -0.2) is 0 Å². The van der Waals surface area contributed by atoms with Crippen LogP contribution in [0.15, 0.2) is 18.3 Å². The maximum atomic E-state index is 11.9. The van der Waals surface area contributed by atoms with Crippen molar-refractivity contribution in [3.8, 4) is 0 Å². The molecular formula is C14H22N4O3. The van der Waals surface area contributed by atoms with Crippen molar-refractivity contribution in [2.75, 3.05) is 6.54 Å². The Labute approximate surface area is 123 Å². The van der Waals surface area contributed by atoms with Crippen LogP contribution in [0.1, 0.15) is 37.7 Å². The van der Waals surface area contributed by atoms with Gasteiger partial charge in [0.15, 0.2) is 0 Å². The summed E-state index contributed by atoms with van der Waals surface area (Å²) in [6.07, 6.45) is 2.08. The Morgan fingerprint density at radius 2 is 2.05 bits per heavy atom. The van der Waals surface area contributed by atoms with Gasteiger partial charge in [-0.15, -0.1) is 0 Å². The van der Waals surface area contributed by atoms with Crippen LogP contribution in [0.25, 0.3) is 0 Å². The second-order valence-electron chi connectivity index (χ2n) is 5.66. The summed E-state index contributed by atoms with van der Waals surface area (Å²) in [5.74, 6) is -1.30. The normalized spacial score (nSPS) is 13.6. The molecule has 5 N–H and O–H groups in total. The van der Waals surface area contributed by atoms with Crippen molar-refractivity contribution in [3.63, 3.8) is 0 Å². The highest BCUT2D eigenvalue weighted by Gasteiger charge is 2.29. The predicted molar refractivity (Wildman–Crippen MR) is 78.3 cm³/mol. The molecule has 0 unspecified atom stereocenters. The van der Waals surface area contributed by atoms with Crippen LogP contribution in [0.4, 0.5) is 0 Å². The van der Waals surface area contributed by atoms with Crippen molar-refractivity contribution in [2.45, 2.75) is 32.7 Å². The summed E-state index contributed by atoms with van der Waals surface area (Å²) in [6, 6.07) is 3.19. The first kappa shape index (κ1) is 16.9. The van der Waals surface area contributed by atoms with Crippen LogP contribution < -0.4 is 16.4 Å². The molecule has 0 aromatic carbocycles. The molecule has 0 spiro atoms. The zero-order chi connectivity index (χ0) is 16.0. The fourth-order valence-electron chi connectivity index (χ4n) is 2.01. The van der Waals surface area contributed by atoms with E-state index in [-0.39, 0.29) is 18.2 Å². The van der Waals surface area contributed by atoms with E-state index in [9.17, 15) is 14.4 Å². The molecule has 7 heteroatoms. The molecule has 0 aliphatic rings. The van der Waals surface area contributed by atoms with E-state index in [0.717, 1.165) is 0 Å². The first-order valence-electron chi connectivity index (χ1n) is 6.77. The second-order valence-corrected chi connectivity index (χ2v) is 5.66. The average molecular weight is 294 g/mol. The molecule has 0 aliphatic heterocycles. The molecule has 3 amide bonds. The molecule has 0 aliphatic carbocycles. The SMILES string of the molecule is CC(C)C[C@@](C)(N)C(=O)NCC(=O)NC(=O)c1ccc[nH]1. The van der Waals surface area contributed by atoms with Crippen LogP contribution in [-0.2, 0) is 9.59 Å². The minimum atomic E-state index is -1.04. The van der Waals surface area contributed by atoms with E-state index in [1.807, 2.05) is 13.8 Å². The van der Waals surface area contributed by atoms with E-state index < -0.39 is 23.3 Å². The number of nitrogens with one attached hydrogen (secondary N) is 3. The lowest BCUT2D eigenvalue weighted by molar-refractivity contribution is -0.129. The standard InChI is InChI=1S/C14H22N4O3/c1-9(2)7-14(3,15)13(21)17-8-11(19)18-12(20)10-5-4-6-16-10/h4-6,9,16H,7-8,15H2,1-3H3,(H,17,21)(H,18,19,20)/t14-/m1/s1. The Morgan fingerprint density at radius 1 is 1.38 bits per heavy atom. The summed E-state index contributed by atoms with van der Waals surface area (Å²) in [6.45, 7) is 5.24. The van der Waals surface area contributed by atoms with Crippen molar-refractivity contribution in [1.29, 1.82) is 0 Å². The van der Waals surface area contributed by atoms with Gasteiger partial charge in [0, 0.05) is 6.20 Å². The van der Waals surface area contributed by atoms with Gasteiger partial charge in [-0.05, 0) is 31.4 Å². The lowest BCUT2D eigenvalue weighted by atomic mass is 9.91. The minimum Gasteiger partial charge on any atom is -0.357 e. The predicted octanol–water partition coefficient (Wildman–Crippen LogP) is 0.151. The highest BCUT2D eigenvalue weighted by molar-refractivity contribution is 6.04. The molecule has 21 heavy (non-hydrogen) atoms. The number of hydrogen-bond donors (Lipinski definition) is 4.